The van der Waals surface area contributed by atoms with E-state index < -0.39 is 0 Å². The van der Waals surface area contributed by atoms with Gasteiger partial charge < -0.3 is 4.57 Å². The highest BCUT2D eigenvalue weighted by Crippen LogP contribution is 2.19. The van der Waals surface area contributed by atoms with E-state index in [1.807, 2.05) is 11.8 Å². The van der Waals surface area contributed by atoms with Gasteiger partial charge in [0.2, 0.25) is 0 Å². The number of hydrogen-bond donors (Lipinski definition) is 0. The van der Waals surface area contributed by atoms with E-state index in [-0.39, 0.29) is 0 Å². The molecule has 0 aromatic carbocycles. The molecule has 0 atom stereocenters. The van der Waals surface area contributed by atoms with E-state index in [1.165, 1.54) is 23.6 Å². The van der Waals surface area contributed by atoms with Crippen LogP contribution in [0, 0.1) is 0 Å². The van der Waals surface area contributed by atoms with Crippen LogP contribution in [0.3, 0.4) is 0 Å². The maximum atomic E-state index is 2.33. The fraction of sp³-hybridized carbons (Fsp3) is 0.600. The molecule has 0 saturated heterocycles. The van der Waals surface area contributed by atoms with Crippen LogP contribution in [-0.4, -0.2) is 10.3 Å². The zero-order valence-electron chi connectivity index (χ0n) is 7.92. The van der Waals surface area contributed by atoms with Crippen molar-refractivity contribution in [1.82, 2.24) is 4.57 Å². The highest BCUT2D eigenvalue weighted by Gasteiger charge is 1.98. The lowest BCUT2D eigenvalue weighted by Gasteiger charge is -2.05. The molecular weight excluding hydrogens is 166 g/mol. The fourth-order valence-electron chi connectivity index (χ4n) is 1.16. The molecule has 0 aliphatic heterocycles. The van der Waals surface area contributed by atoms with Crippen molar-refractivity contribution in [2.75, 3.05) is 5.75 Å². The van der Waals surface area contributed by atoms with Crippen molar-refractivity contribution in [3.63, 3.8) is 0 Å². The number of thioether (sulfide) groups is 1. The Kier molecular flexibility index (Phi) is 4.30. The summed E-state index contributed by atoms with van der Waals surface area (Å²) in [6, 6.07) is 4.34. The molecule has 0 aliphatic carbocycles. The van der Waals surface area contributed by atoms with Gasteiger partial charge in [0.05, 0.1) is 5.03 Å². The Morgan fingerprint density at radius 1 is 1.33 bits per heavy atom. The van der Waals surface area contributed by atoms with Gasteiger partial charge >= 0.3 is 0 Å². The molecule has 0 spiro atoms. The van der Waals surface area contributed by atoms with Gasteiger partial charge in [-0.25, -0.2) is 0 Å². The third kappa shape index (κ3) is 2.59. The molecule has 0 amide bonds. The van der Waals surface area contributed by atoms with Crippen LogP contribution in [0.2, 0.25) is 0 Å². The molecule has 12 heavy (non-hydrogen) atoms. The maximum Gasteiger partial charge on any atom is 0.0747 e. The highest BCUT2D eigenvalue weighted by atomic mass is 32.2. The summed E-state index contributed by atoms with van der Waals surface area (Å²) in [7, 11) is 0. The van der Waals surface area contributed by atoms with E-state index in [0.29, 0.717) is 0 Å². The average Bonchev–Trinajstić information content (AvgIpc) is 2.50. The molecule has 1 aromatic heterocycles. The maximum absolute atomic E-state index is 2.33. The third-order valence-corrected chi connectivity index (χ3v) is 2.99. The van der Waals surface area contributed by atoms with Crippen LogP contribution >= 0.6 is 11.8 Å². The quantitative estimate of drug-likeness (QED) is 0.633. The fourth-order valence-corrected chi connectivity index (χ4v) is 2.07. The van der Waals surface area contributed by atoms with Crippen molar-refractivity contribution in [2.45, 2.75) is 38.3 Å². The van der Waals surface area contributed by atoms with Gasteiger partial charge in [-0.1, -0.05) is 13.8 Å². The number of rotatable bonds is 5. The second-order valence-electron chi connectivity index (χ2n) is 2.89. The van der Waals surface area contributed by atoms with E-state index in [4.69, 9.17) is 0 Å². The Morgan fingerprint density at radius 2 is 2.17 bits per heavy atom. The Morgan fingerprint density at radius 3 is 2.83 bits per heavy atom. The van der Waals surface area contributed by atoms with E-state index in [9.17, 15) is 0 Å². The van der Waals surface area contributed by atoms with Gasteiger partial charge in [-0.2, -0.15) is 0 Å². The van der Waals surface area contributed by atoms with E-state index >= 15 is 0 Å². The molecule has 1 nitrogen and oxygen atoms in total. The van der Waals surface area contributed by atoms with Gasteiger partial charge in [0.25, 0.3) is 0 Å². The second-order valence-corrected chi connectivity index (χ2v) is 4.00. The smallest absolute Gasteiger partial charge is 0.0747 e. The molecular formula is C10H17NS. The lowest BCUT2D eigenvalue weighted by Crippen LogP contribution is -1.96. The first-order valence-electron chi connectivity index (χ1n) is 4.66. The minimum atomic E-state index is 1.15. The van der Waals surface area contributed by atoms with Crippen molar-refractivity contribution >= 4 is 11.8 Å². The van der Waals surface area contributed by atoms with Crippen LogP contribution in [0.1, 0.15) is 26.7 Å². The number of aromatic nitrogens is 1. The number of aryl methyl sites for hydroxylation is 1. The Hall–Kier alpha value is -0.370. The lowest BCUT2D eigenvalue weighted by molar-refractivity contribution is 0.636. The van der Waals surface area contributed by atoms with E-state index in [0.717, 1.165) is 6.54 Å². The lowest BCUT2D eigenvalue weighted by atomic mass is 10.5. The van der Waals surface area contributed by atoms with Gasteiger partial charge in [0.15, 0.2) is 0 Å². The predicted octanol–water partition coefficient (Wildman–Crippen LogP) is 3.40. The number of hydrogen-bond acceptors (Lipinski definition) is 1. The standard InChI is InChI=1S/C10H17NS/c1-3-7-11-8-5-6-10(11)12-9-4-2/h5-6,8H,3-4,7,9H2,1-2H3. The summed E-state index contributed by atoms with van der Waals surface area (Å²) in [6.07, 6.45) is 4.64. The SMILES string of the molecule is CCCSc1cccn1CCC. The Labute approximate surface area is 79.2 Å². The van der Waals surface area contributed by atoms with Gasteiger partial charge in [-0.3, -0.25) is 0 Å². The van der Waals surface area contributed by atoms with Crippen LogP contribution in [0.4, 0.5) is 0 Å². The van der Waals surface area contributed by atoms with Crippen molar-refractivity contribution in [3.8, 4) is 0 Å². The van der Waals surface area contributed by atoms with Crippen LogP contribution < -0.4 is 0 Å². The largest absolute Gasteiger partial charge is 0.343 e. The molecule has 0 unspecified atom stereocenters. The molecule has 1 aromatic rings. The zero-order chi connectivity index (χ0) is 8.81. The summed E-state index contributed by atoms with van der Waals surface area (Å²) in [5.74, 6) is 1.23. The van der Waals surface area contributed by atoms with Crippen molar-refractivity contribution in [3.05, 3.63) is 18.3 Å². The minimum Gasteiger partial charge on any atom is -0.343 e. The molecule has 0 bridgehead atoms. The first kappa shape index (κ1) is 9.72. The molecule has 2 heteroatoms. The molecule has 0 radical (unpaired) electrons. The van der Waals surface area contributed by atoms with E-state index in [2.05, 4.69) is 36.7 Å². The molecule has 1 rings (SSSR count). The van der Waals surface area contributed by atoms with Gasteiger partial charge in [-0.05, 0) is 30.7 Å². The summed E-state index contributed by atoms with van der Waals surface area (Å²) >= 11 is 1.96. The molecule has 0 aliphatic rings. The summed E-state index contributed by atoms with van der Waals surface area (Å²) in [6.45, 7) is 5.59. The topological polar surface area (TPSA) is 4.93 Å². The molecule has 0 fully saturated rings. The van der Waals surface area contributed by atoms with Crippen molar-refractivity contribution in [2.24, 2.45) is 0 Å². The molecule has 68 valence electrons. The summed E-state index contributed by atoms with van der Waals surface area (Å²) in [5, 5.41) is 1.42. The second kappa shape index (κ2) is 5.31. The Bertz CT molecular complexity index is 217. The Balaban J connectivity index is 2.51. The first-order chi connectivity index (χ1) is 5.88. The normalized spacial score (nSPS) is 10.5. The van der Waals surface area contributed by atoms with Gasteiger partial charge in [0.1, 0.15) is 0 Å². The van der Waals surface area contributed by atoms with Crippen LogP contribution in [0.15, 0.2) is 23.4 Å². The summed E-state index contributed by atoms with van der Waals surface area (Å²) in [5.41, 5.74) is 0. The summed E-state index contributed by atoms with van der Waals surface area (Å²) < 4.78 is 2.33. The molecule has 1 heterocycles. The third-order valence-electron chi connectivity index (χ3n) is 1.71. The zero-order valence-corrected chi connectivity index (χ0v) is 8.73. The van der Waals surface area contributed by atoms with Crippen molar-refractivity contribution in [1.29, 1.82) is 0 Å². The molecule has 0 N–H and O–H groups in total. The minimum absolute atomic E-state index is 1.15. The van der Waals surface area contributed by atoms with E-state index in [1.54, 1.807) is 0 Å². The molecule has 0 saturated carbocycles. The number of nitrogens with zero attached hydrogens (tertiary/aromatic N) is 1. The summed E-state index contributed by atoms with van der Waals surface area (Å²) in [4.78, 5) is 0. The predicted molar refractivity (Wildman–Crippen MR) is 55.7 cm³/mol. The first-order valence-corrected chi connectivity index (χ1v) is 5.65. The highest BCUT2D eigenvalue weighted by molar-refractivity contribution is 7.99. The van der Waals surface area contributed by atoms with Crippen LogP contribution in [0.5, 0.6) is 0 Å². The average molecular weight is 183 g/mol. The van der Waals surface area contributed by atoms with Gasteiger partial charge in [0, 0.05) is 12.7 Å². The van der Waals surface area contributed by atoms with Gasteiger partial charge in [-0.15, -0.1) is 11.8 Å². The monoisotopic (exact) mass is 183 g/mol. The van der Waals surface area contributed by atoms with Crippen LogP contribution in [0.25, 0.3) is 0 Å². The van der Waals surface area contributed by atoms with Crippen LogP contribution in [-0.2, 0) is 6.54 Å². The van der Waals surface area contributed by atoms with Crippen molar-refractivity contribution < 1.29 is 0 Å².